The van der Waals surface area contributed by atoms with Gasteiger partial charge in [0.15, 0.2) is 29.3 Å². The van der Waals surface area contributed by atoms with E-state index in [1.54, 1.807) is 31.2 Å². The van der Waals surface area contributed by atoms with Crippen LogP contribution in [0.1, 0.15) is 22.8 Å². The minimum absolute atomic E-state index is 0.0769. The summed E-state index contributed by atoms with van der Waals surface area (Å²) in [7, 11) is 3.03. The molecule has 12 nitrogen and oxygen atoms in total. The van der Waals surface area contributed by atoms with Crippen molar-refractivity contribution < 1.29 is 57.6 Å². The molecule has 12 heteroatoms. The van der Waals surface area contributed by atoms with Crippen LogP contribution in [-0.2, 0) is 25.6 Å². The second-order valence-corrected chi connectivity index (χ2v) is 10.1. The van der Waals surface area contributed by atoms with Gasteiger partial charge in [-0.05, 0) is 42.1 Å². The molecule has 41 heavy (non-hydrogen) atoms. The van der Waals surface area contributed by atoms with Gasteiger partial charge in [0, 0.05) is 16.5 Å². The summed E-state index contributed by atoms with van der Waals surface area (Å²) in [6.45, 7) is 1.87. The van der Waals surface area contributed by atoms with Crippen LogP contribution in [0.4, 0.5) is 0 Å². The first kappa shape index (κ1) is 26.1. The lowest BCUT2D eigenvalue weighted by Gasteiger charge is -2.45. The summed E-state index contributed by atoms with van der Waals surface area (Å²) in [4.78, 5) is 13.3. The van der Waals surface area contributed by atoms with Gasteiger partial charge in [-0.3, -0.25) is 0 Å². The van der Waals surface area contributed by atoms with E-state index in [9.17, 15) is 15.0 Å². The highest BCUT2D eigenvalue weighted by atomic mass is 16.8. The Kier molecular flexibility index (Phi) is 6.32. The summed E-state index contributed by atoms with van der Waals surface area (Å²) in [5, 5.41) is 23.0. The maximum atomic E-state index is 13.3. The standard InChI is InChI=1S/C29H28O12/c1-12-35-10-21-27(39-12)24(30)25(31)29(40-21)41-26-15-8-19(34-3)18(33-2)7-14(15)22(23-16(26)9-36-28(23)32)13-4-5-17-20(6-13)38-11-37-17/h4-8,12,21,24-25,27,29-31H,9-11H2,1-3H3/t12?,21-,24-,25-,27-,29+/m1/s1. The van der Waals surface area contributed by atoms with Crippen LogP contribution >= 0.6 is 0 Å². The molecule has 0 radical (unpaired) electrons. The number of carbonyl (C=O) groups excluding carboxylic acids is 1. The lowest BCUT2D eigenvalue weighted by Crippen LogP contribution is -2.63. The third kappa shape index (κ3) is 4.13. The van der Waals surface area contributed by atoms with Gasteiger partial charge in [0.25, 0.3) is 0 Å². The number of carbonyl (C=O) groups is 1. The van der Waals surface area contributed by atoms with Gasteiger partial charge in [-0.2, -0.15) is 0 Å². The third-order valence-electron chi connectivity index (χ3n) is 7.80. The highest BCUT2D eigenvalue weighted by Crippen LogP contribution is 2.50. The summed E-state index contributed by atoms with van der Waals surface area (Å²) in [5.74, 6) is 1.69. The maximum absolute atomic E-state index is 13.3. The summed E-state index contributed by atoms with van der Waals surface area (Å²) in [6, 6.07) is 8.89. The zero-order valence-electron chi connectivity index (χ0n) is 22.4. The van der Waals surface area contributed by atoms with Crippen molar-refractivity contribution in [3.63, 3.8) is 0 Å². The normalized spacial score (nSPS) is 28.2. The van der Waals surface area contributed by atoms with Gasteiger partial charge in [0.05, 0.1) is 26.4 Å². The molecule has 6 atom stereocenters. The average Bonchev–Trinajstić information content (AvgIpc) is 3.61. The number of esters is 1. The molecule has 3 aromatic carbocycles. The molecule has 4 aliphatic rings. The molecule has 3 aromatic rings. The largest absolute Gasteiger partial charge is 0.493 e. The monoisotopic (exact) mass is 568 g/mol. The van der Waals surface area contributed by atoms with Crippen molar-refractivity contribution >= 4 is 16.7 Å². The van der Waals surface area contributed by atoms with Crippen LogP contribution in [0.15, 0.2) is 30.3 Å². The minimum atomic E-state index is -1.46. The molecule has 0 aliphatic carbocycles. The molecule has 0 spiro atoms. The first-order chi connectivity index (χ1) is 19.9. The summed E-state index contributed by atoms with van der Waals surface area (Å²) < 4.78 is 51.3. The van der Waals surface area contributed by atoms with Crippen molar-refractivity contribution in [3.8, 4) is 39.9 Å². The van der Waals surface area contributed by atoms with E-state index in [2.05, 4.69) is 0 Å². The number of hydrogen-bond donors (Lipinski definition) is 2. The van der Waals surface area contributed by atoms with Crippen LogP contribution in [0.5, 0.6) is 28.7 Å². The number of benzene rings is 3. The molecule has 4 heterocycles. The predicted molar refractivity (Wildman–Crippen MR) is 139 cm³/mol. The Morgan fingerprint density at radius 2 is 1.63 bits per heavy atom. The molecule has 1 unspecified atom stereocenters. The second-order valence-electron chi connectivity index (χ2n) is 10.1. The maximum Gasteiger partial charge on any atom is 0.339 e. The summed E-state index contributed by atoms with van der Waals surface area (Å²) >= 11 is 0. The van der Waals surface area contributed by atoms with Crippen LogP contribution < -0.4 is 23.7 Å². The lowest BCUT2D eigenvalue weighted by molar-refractivity contribution is -0.343. The van der Waals surface area contributed by atoms with E-state index in [1.807, 2.05) is 6.07 Å². The number of methoxy groups -OCH3 is 2. The third-order valence-corrected chi connectivity index (χ3v) is 7.80. The van der Waals surface area contributed by atoms with E-state index in [-0.39, 0.29) is 25.8 Å². The van der Waals surface area contributed by atoms with Gasteiger partial charge in [-0.1, -0.05) is 6.07 Å². The highest BCUT2D eigenvalue weighted by molar-refractivity contribution is 6.14. The van der Waals surface area contributed by atoms with Crippen LogP contribution in [0, 0.1) is 0 Å². The summed E-state index contributed by atoms with van der Waals surface area (Å²) in [5.41, 5.74) is 2.02. The van der Waals surface area contributed by atoms with Crippen LogP contribution in [0.2, 0.25) is 0 Å². The number of aliphatic hydroxyl groups is 2. The second kappa shape index (κ2) is 9.93. The van der Waals surface area contributed by atoms with Gasteiger partial charge in [-0.15, -0.1) is 0 Å². The molecule has 0 aromatic heterocycles. The van der Waals surface area contributed by atoms with Gasteiger partial charge >= 0.3 is 5.97 Å². The Bertz CT molecular complexity index is 1530. The molecular formula is C29H28O12. The first-order valence-corrected chi connectivity index (χ1v) is 13.1. The zero-order chi connectivity index (χ0) is 28.4. The van der Waals surface area contributed by atoms with Gasteiger partial charge < -0.3 is 52.8 Å². The van der Waals surface area contributed by atoms with Crippen LogP contribution in [-0.4, -0.2) is 80.8 Å². The molecule has 7 rings (SSSR count). The molecule has 0 saturated carbocycles. The fourth-order valence-electron chi connectivity index (χ4n) is 5.81. The van der Waals surface area contributed by atoms with Crippen LogP contribution in [0.25, 0.3) is 21.9 Å². The average molecular weight is 569 g/mol. The fourth-order valence-corrected chi connectivity index (χ4v) is 5.81. The van der Waals surface area contributed by atoms with Crippen molar-refractivity contribution in [1.82, 2.24) is 0 Å². The molecule has 0 bridgehead atoms. The van der Waals surface area contributed by atoms with Gasteiger partial charge in [0.2, 0.25) is 13.1 Å². The predicted octanol–water partition coefficient (Wildman–Crippen LogP) is 2.51. The summed E-state index contributed by atoms with van der Waals surface area (Å²) in [6.07, 6.45) is -6.10. The molecular weight excluding hydrogens is 540 g/mol. The molecule has 4 aliphatic heterocycles. The van der Waals surface area contributed by atoms with E-state index < -0.39 is 43.0 Å². The molecule has 216 valence electrons. The van der Waals surface area contributed by atoms with Crippen molar-refractivity contribution in [2.45, 2.75) is 50.5 Å². The van der Waals surface area contributed by atoms with E-state index in [0.29, 0.717) is 56.0 Å². The topological polar surface area (TPSA) is 141 Å². The zero-order valence-corrected chi connectivity index (χ0v) is 22.4. The van der Waals surface area contributed by atoms with Crippen molar-refractivity contribution in [3.05, 3.63) is 41.5 Å². The number of rotatable bonds is 5. The Labute approximate surface area is 234 Å². The number of ether oxygens (including phenoxy) is 9. The first-order valence-electron chi connectivity index (χ1n) is 13.1. The van der Waals surface area contributed by atoms with Gasteiger partial charge in [0.1, 0.15) is 36.8 Å². The minimum Gasteiger partial charge on any atom is -0.493 e. The number of hydrogen-bond acceptors (Lipinski definition) is 12. The van der Waals surface area contributed by atoms with E-state index in [0.717, 1.165) is 0 Å². The number of fused-ring (bicyclic) bond motifs is 4. The Hall–Kier alpha value is -3.81. The molecule has 2 saturated heterocycles. The highest BCUT2D eigenvalue weighted by Gasteiger charge is 2.49. The Morgan fingerprint density at radius 1 is 0.878 bits per heavy atom. The SMILES string of the molecule is COc1cc2c(O[C@@H]3O[C@@H]4COC(C)O[C@H]4[C@H](O)[C@H]3O)c3c(c(-c4ccc5c(c4)OCO5)c2cc1OC)C(=O)OC3. The van der Waals surface area contributed by atoms with Crippen molar-refractivity contribution in [1.29, 1.82) is 0 Å². The Morgan fingerprint density at radius 3 is 2.41 bits per heavy atom. The van der Waals surface area contributed by atoms with Gasteiger partial charge in [-0.25, -0.2) is 4.79 Å². The molecule has 2 fully saturated rings. The quantitative estimate of drug-likeness (QED) is 0.437. The molecule has 2 N–H and O–H groups in total. The molecule has 0 amide bonds. The van der Waals surface area contributed by atoms with Crippen molar-refractivity contribution in [2.24, 2.45) is 0 Å². The smallest absolute Gasteiger partial charge is 0.339 e. The van der Waals surface area contributed by atoms with E-state index in [4.69, 9.17) is 42.6 Å². The van der Waals surface area contributed by atoms with Crippen LogP contribution in [0.3, 0.4) is 0 Å². The lowest BCUT2D eigenvalue weighted by atomic mass is 9.89. The van der Waals surface area contributed by atoms with Crippen molar-refractivity contribution in [2.75, 3.05) is 27.6 Å². The Balaban J connectivity index is 1.41. The number of cyclic esters (lactones) is 1. The fraction of sp³-hybridized carbons (Fsp3) is 0.414. The van der Waals surface area contributed by atoms with E-state index >= 15 is 0 Å². The number of aliphatic hydroxyl groups excluding tert-OH is 2. The van der Waals surface area contributed by atoms with E-state index in [1.165, 1.54) is 14.2 Å².